The van der Waals surface area contributed by atoms with E-state index in [-0.39, 0.29) is 0 Å². The van der Waals surface area contributed by atoms with Crippen molar-refractivity contribution < 1.29 is 0 Å². The number of hydrogen-bond acceptors (Lipinski definition) is 1. The second kappa shape index (κ2) is 6.05. The van der Waals surface area contributed by atoms with Gasteiger partial charge in [-0.25, -0.2) is 0 Å². The number of para-hydroxylation sites is 1. The number of nitrogens with zero attached hydrogens (tertiary/aromatic N) is 1. The maximum Gasteiger partial charge on any atom is 0.0525 e. The Hall–Kier alpha value is -1.28. The Morgan fingerprint density at radius 3 is 2.78 bits per heavy atom. The third-order valence-electron chi connectivity index (χ3n) is 3.38. The van der Waals surface area contributed by atoms with Crippen molar-refractivity contribution >= 4 is 10.9 Å². The first-order valence-corrected chi connectivity index (χ1v) is 6.99. The van der Waals surface area contributed by atoms with Crippen LogP contribution in [0.2, 0.25) is 0 Å². The van der Waals surface area contributed by atoms with Gasteiger partial charge in [0.1, 0.15) is 0 Å². The van der Waals surface area contributed by atoms with Crippen molar-refractivity contribution in [1.29, 1.82) is 0 Å². The molecule has 1 aromatic heterocycles. The number of benzene rings is 1. The third kappa shape index (κ3) is 2.94. The Morgan fingerprint density at radius 2 is 2.06 bits per heavy atom. The third-order valence-corrected chi connectivity index (χ3v) is 3.38. The minimum Gasteiger partial charge on any atom is -0.347 e. The molecule has 0 aliphatic rings. The average molecular weight is 244 g/mol. The van der Waals surface area contributed by atoms with Gasteiger partial charge in [-0.05, 0) is 35.9 Å². The van der Waals surface area contributed by atoms with E-state index < -0.39 is 0 Å². The Labute approximate surface area is 110 Å². The molecule has 98 valence electrons. The van der Waals surface area contributed by atoms with Gasteiger partial charge in [-0.1, -0.05) is 39.0 Å². The zero-order valence-corrected chi connectivity index (χ0v) is 11.7. The van der Waals surface area contributed by atoms with Crippen LogP contribution in [0.5, 0.6) is 0 Å². The number of nitrogens with one attached hydrogen (secondary N) is 1. The molecule has 0 bridgehead atoms. The van der Waals surface area contributed by atoms with E-state index >= 15 is 0 Å². The van der Waals surface area contributed by atoms with Crippen LogP contribution in [0.25, 0.3) is 10.9 Å². The lowest BCUT2D eigenvalue weighted by Crippen LogP contribution is -2.13. The van der Waals surface area contributed by atoms with Crippen LogP contribution in [-0.2, 0) is 13.1 Å². The van der Waals surface area contributed by atoms with Crippen molar-refractivity contribution in [3.8, 4) is 0 Å². The van der Waals surface area contributed by atoms with Crippen molar-refractivity contribution in [3.05, 3.63) is 36.0 Å². The lowest BCUT2D eigenvalue weighted by atomic mass is 10.1. The summed E-state index contributed by atoms with van der Waals surface area (Å²) < 4.78 is 2.40. The molecular weight excluding hydrogens is 220 g/mol. The van der Waals surface area contributed by atoms with E-state index in [1.807, 2.05) is 0 Å². The van der Waals surface area contributed by atoms with Crippen molar-refractivity contribution in [3.63, 3.8) is 0 Å². The van der Waals surface area contributed by atoms with Crippen LogP contribution < -0.4 is 5.32 Å². The number of aromatic nitrogens is 1. The number of aryl methyl sites for hydroxylation is 1. The number of rotatable bonds is 6. The highest BCUT2D eigenvalue weighted by atomic mass is 15.0. The molecule has 2 heteroatoms. The van der Waals surface area contributed by atoms with Gasteiger partial charge in [0.25, 0.3) is 0 Å². The molecule has 0 saturated carbocycles. The summed E-state index contributed by atoms with van der Waals surface area (Å²) >= 11 is 0. The predicted octanol–water partition coefficient (Wildman–Crippen LogP) is 3.80. The topological polar surface area (TPSA) is 17.0 Å². The highest BCUT2D eigenvalue weighted by Gasteiger charge is 2.06. The van der Waals surface area contributed by atoms with E-state index in [0.717, 1.165) is 25.6 Å². The molecule has 2 rings (SSSR count). The smallest absolute Gasteiger partial charge is 0.0525 e. The van der Waals surface area contributed by atoms with Gasteiger partial charge in [0.05, 0.1) is 5.52 Å². The first kappa shape index (κ1) is 13.2. The fraction of sp³-hybridized carbons (Fsp3) is 0.500. The molecule has 1 N–H and O–H groups in total. The molecule has 2 nitrogen and oxygen atoms in total. The molecule has 2 aromatic rings. The van der Waals surface area contributed by atoms with Gasteiger partial charge in [-0.3, -0.25) is 0 Å². The summed E-state index contributed by atoms with van der Waals surface area (Å²) in [6, 6.07) is 8.82. The molecule has 0 atom stereocenters. The molecule has 0 aliphatic heterocycles. The van der Waals surface area contributed by atoms with Crippen molar-refractivity contribution in [2.24, 2.45) is 5.92 Å². The quantitative estimate of drug-likeness (QED) is 0.818. The van der Waals surface area contributed by atoms with E-state index in [1.54, 1.807) is 0 Å². The Kier molecular flexibility index (Phi) is 4.43. The largest absolute Gasteiger partial charge is 0.347 e. The number of hydrogen-bond donors (Lipinski definition) is 1. The summed E-state index contributed by atoms with van der Waals surface area (Å²) in [4.78, 5) is 0. The van der Waals surface area contributed by atoms with Gasteiger partial charge in [-0.15, -0.1) is 0 Å². The Balaban J connectivity index is 2.29. The van der Waals surface area contributed by atoms with E-state index in [1.165, 1.54) is 22.9 Å². The first-order valence-electron chi connectivity index (χ1n) is 6.99. The Morgan fingerprint density at radius 1 is 1.22 bits per heavy atom. The summed E-state index contributed by atoms with van der Waals surface area (Å²) in [5, 5.41) is 4.78. The maximum absolute atomic E-state index is 3.43. The normalized spacial score (nSPS) is 11.6. The van der Waals surface area contributed by atoms with Crippen molar-refractivity contribution in [1.82, 2.24) is 9.88 Å². The Bertz CT molecular complexity index is 497. The second-order valence-electron chi connectivity index (χ2n) is 5.33. The van der Waals surface area contributed by atoms with Gasteiger partial charge < -0.3 is 9.88 Å². The molecule has 0 aliphatic carbocycles. The molecule has 0 saturated heterocycles. The second-order valence-corrected chi connectivity index (χ2v) is 5.33. The lowest BCUT2D eigenvalue weighted by molar-refractivity contribution is 0.523. The van der Waals surface area contributed by atoms with E-state index in [2.05, 4.69) is 61.1 Å². The van der Waals surface area contributed by atoms with Gasteiger partial charge >= 0.3 is 0 Å². The van der Waals surface area contributed by atoms with Gasteiger partial charge in [0, 0.05) is 19.3 Å². The van der Waals surface area contributed by atoms with E-state index in [0.29, 0.717) is 0 Å². The zero-order valence-electron chi connectivity index (χ0n) is 11.7. The van der Waals surface area contributed by atoms with Gasteiger partial charge in [-0.2, -0.15) is 0 Å². The summed E-state index contributed by atoms with van der Waals surface area (Å²) in [5.41, 5.74) is 2.81. The van der Waals surface area contributed by atoms with Crippen LogP contribution in [0.1, 0.15) is 32.8 Å². The van der Waals surface area contributed by atoms with Gasteiger partial charge in [0.15, 0.2) is 0 Å². The molecule has 0 amide bonds. The van der Waals surface area contributed by atoms with Crippen LogP contribution in [0, 0.1) is 5.92 Å². The van der Waals surface area contributed by atoms with Crippen LogP contribution in [-0.4, -0.2) is 11.1 Å². The molecule has 0 spiro atoms. The fourth-order valence-electron chi connectivity index (χ4n) is 2.33. The lowest BCUT2D eigenvalue weighted by Gasteiger charge is -2.11. The fourth-order valence-corrected chi connectivity index (χ4v) is 2.33. The molecular formula is C16H24N2. The first-order chi connectivity index (χ1) is 8.72. The monoisotopic (exact) mass is 244 g/mol. The molecule has 0 radical (unpaired) electrons. The highest BCUT2D eigenvalue weighted by Crippen LogP contribution is 2.21. The molecule has 1 aromatic carbocycles. The minimum absolute atomic E-state index is 0.753. The minimum atomic E-state index is 0.753. The predicted molar refractivity (Wildman–Crippen MR) is 78.8 cm³/mol. The highest BCUT2D eigenvalue weighted by molar-refractivity contribution is 5.83. The summed E-state index contributed by atoms with van der Waals surface area (Å²) in [6.45, 7) is 9.81. The van der Waals surface area contributed by atoms with E-state index in [9.17, 15) is 0 Å². The summed E-state index contributed by atoms with van der Waals surface area (Å²) in [5.74, 6) is 0.753. The SMILES string of the molecule is CCNCc1cccc2ccn(CCC(C)C)c12. The van der Waals surface area contributed by atoms with E-state index in [4.69, 9.17) is 0 Å². The van der Waals surface area contributed by atoms with Crippen LogP contribution in [0.3, 0.4) is 0 Å². The molecule has 1 heterocycles. The molecule has 0 fully saturated rings. The summed E-state index contributed by atoms with van der Waals surface area (Å²) in [6.07, 6.45) is 3.46. The zero-order chi connectivity index (χ0) is 13.0. The summed E-state index contributed by atoms with van der Waals surface area (Å²) in [7, 11) is 0. The standard InChI is InChI=1S/C16H24N2/c1-4-17-12-15-7-5-6-14-9-11-18(16(14)15)10-8-13(2)3/h5-7,9,11,13,17H,4,8,10,12H2,1-3H3. The number of fused-ring (bicyclic) bond motifs is 1. The van der Waals surface area contributed by atoms with Crippen molar-refractivity contribution in [2.75, 3.05) is 6.54 Å². The van der Waals surface area contributed by atoms with Crippen LogP contribution >= 0.6 is 0 Å². The van der Waals surface area contributed by atoms with Crippen LogP contribution in [0.4, 0.5) is 0 Å². The van der Waals surface area contributed by atoms with Crippen LogP contribution in [0.15, 0.2) is 30.5 Å². The van der Waals surface area contributed by atoms with Gasteiger partial charge in [0.2, 0.25) is 0 Å². The maximum atomic E-state index is 3.43. The molecule has 18 heavy (non-hydrogen) atoms. The molecule has 0 unspecified atom stereocenters. The van der Waals surface area contributed by atoms with Crippen molar-refractivity contribution in [2.45, 2.75) is 40.3 Å². The average Bonchev–Trinajstić information content (AvgIpc) is 2.77.